The summed E-state index contributed by atoms with van der Waals surface area (Å²) < 4.78 is 1.94. The van der Waals surface area contributed by atoms with E-state index in [-0.39, 0.29) is 0 Å². The molecule has 6 nitrogen and oxygen atoms in total. The van der Waals surface area contributed by atoms with Crippen LogP contribution < -0.4 is 10.6 Å². The first-order valence-electron chi connectivity index (χ1n) is 10.4. The number of nitrogens with one attached hydrogen (secondary N) is 2. The molecular formula is C25H23ClN6. The van der Waals surface area contributed by atoms with E-state index in [0.717, 1.165) is 55.0 Å². The van der Waals surface area contributed by atoms with Gasteiger partial charge in [0.25, 0.3) is 0 Å². The first-order valence-corrected chi connectivity index (χ1v) is 10.8. The Morgan fingerprint density at radius 3 is 2.59 bits per heavy atom. The highest BCUT2D eigenvalue weighted by Crippen LogP contribution is 2.37. The minimum absolute atomic E-state index is 0.614. The third-order valence-corrected chi connectivity index (χ3v) is 6.15. The zero-order chi connectivity index (χ0) is 22.4. The Morgan fingerprint density at radius 2 is 1.81 bits per heavy atom. The molecule has 0 aliphatic rings. The van der Waals surface area contributed by atoms with Crippen LogP contribution in [0.1, 0.15) is 11.1 Å². The van der Waals surface area contributed by atoms with Crippen molar-refractivity contribution in [1.82, 2.24) is 19.7 Å². The van der Waals surface area contributed by atoms with Gasteiger partial charge in [-0.25, -0.2) is 9.97 Å². The molecule has 0 spiro atoms. The second kappa shape index (κ2) is 7.80. The number of halogens is 1. The molecule has 2 aromatic heterocycles. The van der Waals surface area contributed by atoms with Crippen LogP contribution in [-0.4, -0.2) is 26.8 Å². The zero-order valence-corrected chi connectivity index (χ0v) is 19.1. The molecule has 0 unspecified atom stereocenters. The second-order valence-corrected chi connectivity index (χ2v) is 8.34. The molecular weight excluding hydrogens is 420 g/mol. The number of rotatable bonds is 4. The Bertz CT molecular complexity index is 1490. The van der Waals surface area contributed by atoms with Gasteiger partial charge in [-0.05, 0) is 66.9 Å². The number of hydrogen-bond acceptors (Lipinski definition) is 5. The molecule has 0 saturated carbocycles. The highest BCUT2D eigenvalue weighted by molar-refractivity contribution is 6.31. The number of aryl methyl sites for hydroxylation is 3. The van der Waals surface area contributed by atoms with Crippen LogP contribution in [0.4, 0.5) is 17.5 Å². The SMILES string of the molecule is CNc1ncc2cc(-c3c(C)ccc4c(Nc5ccc(Cl)c(C)c5)nn(C)c34)ccc2n1. The maximum atomic E-state index is 6.19. The quantitative estimate of drug-likeness (QED) is 0.345. The summed E-state index contributed by atoms with van der Waals surface area (Å²) in [6.45, 7) is 4.12. The van der Waals surface area contributed by atoms with Gasteiger partial charge in [0.15, 0.2) is 5.82 Å². The molecule has 0 atom stereocenters. The molecule has 0 aliphatic heterocycles. The molecule has 5 aromatic rings. The van der Waals surface area contributed by atoms with Gasteiger partial charge in [0.05, 0.1) is 11.0 Å². The summed E-state index contributed by atoms with van der Waals surface area (Å²) >= 11 is 6.19. The van der Waals surface area contributed by atoms with Crippen molar-refractivity contribution in [2.45, 2.75) is 13.8 Å². The predicted molar refractivity (Wildman–Crippen MR) is 133 cm³/mol. The van der Waals surface area contributed by atoms with Crippen molar-refractivity contribution < 1.29 is 0 Å². The average molecular weight is 443 g/mol. The van der Waals surface area contributed by atoms with E-state index < -0.39 is 0 Å². The molecule has 0 fully saturated rings. The first kappa shape index (κ1) is 20.3. The fraction of sp³-hybridized carbons (Fsp3) is 0.160. The van der Waals surface area contributed by atoms with E-state index in [4.69, 9.17) is 16.7 Å². The van der Waals surface area contributed by atoms with Gasteiger partial charge in [-0.15, -0.1) is 0 Å². The fourth-order valence-electron chi connectivity index (χ4n) is 4.10. The Hall–Kier alpha value is -3.64. The molecule has 3 aromatic carbocycles. The molecule has 160 valence electrons. The summed E-state index contributed by atoms with van der Waals surface area (Å²) in [5.41, 5.74) is 7.40. The molecule has 0 saturated heterocycles. The molecule has 7 heteroatoms. The molecule has 0 amide bonds. The van der Waals surface area contributed by atoms with E-state index in [0.29, 0.717) is 5.95 Å². The molecule has 0 aliphatic carbocycles. The van der Waals surface area contributed by atoms with Crippen molar-refractivity contribution in [3.05, 3.63) is 70.9 Å². The van der Waals surface area contributed by atoms with E-state index in [9.17, 15) is 0 Å². The third-order valence-electron chi connectivity index (χ3n) is 5.73. The number of aromatic nitrogens is 4. The van der Waals surface area contributed by atoms with E-state index in [2.05, 4.69) is 51.8 Å². The number of fused-ring (bicyclic) bond motifs is 2. The van der Waals surface area contributed by atoms with Gasteiger partial charge in [0.1, 0.15) is 0 Å². The largest absolute Gasteiger partial charge is 0.357 e. The van der Waals surface area contributed by atoms with Crippen LogP contribution in [0.5, 0.6) is 0 Å². The van der Waals surface area contributed by atoms with E-state index in [1.54, 1.807) is 0 Å². The standard InChI is InChI=1S/C25H23ClN6/c1-14-5-8-19-23(32(4)31-24(19)29-18-7-9-20(26)15(2)11-18)22(14)16-6-10-21-17(12-16)13-28-25(27-3)30-21/h5-13H,1-4H3,(H,29,31)(H,27,28,30). The molecule has 32 heavy (non-hydrogen) atoms. The van der Waals surface area contributed by atoms with Crippen molar-refractivity contribution >= 4 is 50.9 Å². The second-order valence-electron chi connectivity index (χ2n) is 7.93. The summed E-state index contributed by atoms with van der Waals surface area (Å²) in [4.78, 5) is 8.90. The maximum absolute atomic E-state index is 6.19. The number of nitrogens with zero attached hydrogens (tertiary/aromatic N) is 4. The lowest BCUT2D eigenvalue weighted by Crippen LogP contribution is -1.97. The lowest BCUT2D eigenvalue weighted by atomic mass is 9.96. The summed E-state index contributed by atoms with van der Waals surface area (Å²) in [7, 11) is 3.80. The van der Waals surface area contributed by atoms with Gasteiger partial charge in [-0.2, -0.15) is 5.10 Å². The van der Waals surface area contributed by atoms with Crippen molar-refractivity contribution in [3.8, 4) is 11.1 Å². The van der Waals surface area contributed by atoms with Crippen LogP contribution in [0.25, 0.3) is 32.9 Å². The minimum Gasteiger partial charge on any atom is -0.357 e. The predicted octanol–water partition coefficient (Wildman–Crippen LogP) is 6.24. The fourth-order valence-corrected chi connectivity index (χ4v) is 4.22. The van der Waals surface area contributed by atoms with Crippen molar-refractivity contribution in [3.63, 3.8) is 0 Å². The summed E-state index contributed by atoms with van der Waals surface area (Å²) in [5.74, 6) is 1.43. The van der Waals surface area contributed by atoms with Gasteiger partial charge >= 0.3 is 0 Å². The number of anilines is 3. The smallest absolute Gasteiger partial charge is 0.222 e. The van der Waals surface area contributed by atoms with Gasteiger partial charge in [0, 0.05) is 47.3 Å². The molecule has 0 bridgehead atoms. The van der Waals surface area contributed by atoms with Gasteiger partial charge in [-0.1, -0.05) is 23.7 Å². The van der Waals surface area contributed by atoms with Gasteiger partial charge < -0.3 is 10.6 Å². The average Bonchev–Trinajstić information content (AvgIpc) is 3.10. The topological polar surface area (TPSA) is 67.7 Å². The highest BCUT2D eigenvalue weighted by Gasteiger charge is 2.17. The summed E-state index contributed by atoms with van der Waals surface area (Å²) in [6.07, 6.45) is 1.85. The summed E-state index contributed by atoms with van der Waals surface area (Å²) in [6, 6.07) is 16.4. The van der Waals surface area contributed by atoms with Crippen LogP contribution in [0.15, 0.2) is 54.7 Å². The van der Waals surface area contributed by atoms with Gasteiger partial charge in [-0.3, -0.25) is 4.68 Å². The van der Waals surface area contributed by atoms with Crippen LogP contribution in [0.3, 0.4) is 0 Å². The van der Waals surface area contributed by atoms with Crippen molar-refractivity contribution in [1.29, 1.82) is 0 Å². The monoisotopic (exact) mass is 442 g/mol. The Labute approximate surface area is 191 Å². The van der Waals surface area contributed by atoms with E-state index in [1.165, 1.54) is 5.56 Å². The normalized spacial score (nSPS) is 11.3. The number of benzene rings is 3. The molecule has 0 radical (unpaired) electrons. The highest BCUT2D eigenvalue weighted by atomic mass is 35.5. The summed E-state index contributed by atoms with van der Waals surface area (Å²) in [5, 5.41) is 14.0. The molecule has 5 rings (SSSR count). The Morgan fingerprint density at radius 1 is 0.969 bits per heavy atom. The lowest BCUT2D eigenvalue weighted by molar-refractivity contribution is 0.801. The molecule has 2 N–H and O–H groups in total. The number of hydrogen-bond donors (Lipinski definition) is 2. The van der Waals surface area contributed by atoms with Crippen LogP contribution >= 0.6 is 11.6 Å². The van der Waals surface area contributed by atoms with Crippen LogP contribution in [0.2, 0.25) is 5.02 Å². The minimum atomic E-state index is 0.614. The van der Waals surface area contributed by atoms with E-state index in [1.807, 2.05) is 56.2 Å². The Balaban J connectivity index is 1.64. The first-order chi connectivity index (χ1) is 15.4. The maximum Gasteiger partial charge on any atom is 0.222 e. The lowest BCUT2D eigenvalue weighted by Gasteiger charge is -2.11. The molecule has 2 heterocycles. The third kappa shape index (κ3) is 3.42. The van der Waals surface area contributed by atoms with Crippen LogP contribution in [0, 0.1) is 13.8 Å². The zero-order valence-electron chi connectivity index (χ0n) is 18.4. The van der Waals surface area contributed by atoms with Gasteiger partial charge in [0.2, 0.25) is 5.95 Å². The Kier molecular flexibility index (Phi) is 4.94. The van der Waals surface area contributed by atoms with Crippen molar-refractivity contribution in [2.24, 2.45) is 7.05 Å². The van der Waals surface area contributed by atoms with Crippen molar-refractivity contribution in [2.75, 3.05) is 17.7 Å². The van der Waals surface area contributed by atoms with E-state index >= 15 is 0 Å². The van der Waals surface area contributed by atoms with Crippen LogP contribution in [-0.2, 0) is 7.05 Å².